The van der Waals surface area contributed by atoms with Crippen LogP contribution >= 0.6 is 0 Å². The molecule has 196 valence electrons. The minimum absolute atomic E-state index is 0.128. The molecule has 0 bridgehead atoms. The van der Waals surface area contributed by atoms with Gasteiger partial charge in [0.25, 0.3) is 5.91 Å². The topological polar surface area (TPSA) is 59.8 Å². The van der Waals surface area contributed by atoms with E-state index in [1.54, 1.807) is 23.1 Å². The van der Waals surface area contributed by atoms with Crippen molar-refractivity contribution in [1.82, 2.24) is 9.80 Å². The van der Waals surface area contributed by atoms with Gasteiger partial charge in [-0.3, -0.25) is 9.69 Å². The molecule has 2 fully saturated rings. The fraction of sp³-hybridized carbons (Fsp3) is 0.355. The van der Waals surface area contributed by atoms with Crippen molar-refractivity contribution in [2.75, 3.05) is 50.7 Å². The van der Waals surface area contributed by atoms with Crippen LogP contribution in [0.1, 0.15) is 46.0 Å². The third-order valence-electron chi connectivity index (χ3n) is 7.44. The Morgan fingerprint density at radius 2 is 1.66 bits per heavy atom. The molecular formula is C31H33FN4O2. The molecule has 0 aliphatic carbocycles. The summed E-state index contributed by atoms with van der Waals surface area (Å²) in [6.45, 7) is 5.78. The van der Waals surface area contributed by atoms with Crippen LogP contribution in [0.4, 0.5) is 10.1 Å². The van der Waals surface area contributed by atoms with Crippen molar-refractivity contribution in [3.8, 4) is 6.07 Å². The third kappa shape index (κ3) is 6.21. The van der Waals surface area contributed by atoms with Gasteiger partial charge in [0.05, 0.1) is 29.9 Å². The number of benzene rings is 3. The van der Waals surface area contributed by atoms with Crippen LogP contribution < -0.4 is 4.90 Å². The van der Waals surface area contributed by atoms with Crippen LogP contribution in [0.5, 0.6) is 0 Å². The van der Waals surface area contributed by atoms with E-state index in [-0.39, 0.29) is 17.6 Å². The number of amides is 1. The minimum atomic E-state index is -0.478. The Morgan fingerprint density at radius 1 is 0.921 bits per heavy atom. The van der Waals surface area contributed by atoms with E-state index < -0.39 is 5.82 Å². The average Bonchev–Trinajstić information content (AvgIpc) is 3.51. The maximum Gasteiger partial charge on any atom is 0.256 e. The number of hydrogen-bond donors (Lipinski definition) is 0. The van der Waals surface area contributed by atoms with Crippen molar-refractivity contribution in [1.29, 1.82) is 5.26 Å². The lowest BCUT2D eigenvalue weighted by atomic mass is 10.1. The Labute approximate surface area is 223 Å². The molecule has 2 aliphatic heterocycles. The number of nitriles is 1. The number of halogens is 1. The van der Waals surface area contributed by atoms with E-state index in [1.165, 1.54) is 24.6 Å². The predicted octanol–water partition coefficient (Wildman–Crippen LogP) is 5.01. The van der Waals surface area contributed by atoms with Gasteiger partial charge in [0.1, 0.15) is 5.82 Å². The van der Waals surface area contributed by atoms with Crippen LogP contribution in [0.3, 0.4) is 0 Å². The van der Waals surface area contributed by atoms with E-state index >= 15 is 0 Å². The zero-order chi connectivity index (χ0) is 26.3. The van der Waals surface area contributed by atoms with Crippen LogP contribution in [0.25, 0.3) is 0 Å². The van der Waals surface area contributed by atoms with Crippen molar-refractivity contribution >= 4 is 11.6 Å². The Bertz CT molecular complexity index is 1280. The van der Waals surface area contributed by atoms with Gasteiger partial charge >= 0.3 is 0 Å². The summed E-state index contributed by atoms with van der Waals surface area (Å²) in [5.41, 5.74) is 4.14. The zero-order valence-electron chi connectivity index (χ0n) is 21.6. The fourth-order valence-electron chi connectivity index (χ4n) is 5.20. The number of carbonyl (C=O) groups is 1. The van der Waals surface area contributed by atoms with Crippen LogP contribution in [-0.2, 0) is 11.3 Å². The highest BCUT2D eigenvalue weighted by Crippen LogP contribution is 2.28. The lowest BCUT2D eigenvalue weighted by molar-refractivity contribution is 0.00340. The molecule has 0 spiro atoms. The standard InChI is InChI=1S/C31H33FN4O2/c32-29-9-2-1-8-28(29)31(37)36-18-16-34(17-19-36)22-30(38-23-25-12-10-24(21-33)11-13-25)26-6-5-7-27(20-26)35-14-3-4-15-35/h1-2,5-13,20,30H,3-4,14-19,22-23H2. The summed E-state index contributed by atoms with van der Waals surface area (Å²) in [5.74, 6) is -0.733. The Balaban J connectivity index is 1.27. The summed E-state index contributed by atoms with van der Waals surface area (Å²) in [7, 11) is 0. The molecule has 1 amide bonds. The molecule has 0 aromatic heterocycles. The van der Waals surface area contributed by atoms with Gasteiger partial charge in [-0.2, -0.15) is 5.26 Å². The summed E-state index contributed by atoms with van der Waals surface area (Å²) >= 11 is 0. The van der Waals surface area contributed by atoms with E-state index in [0.717, 1.165) is 24.2 Å². The fourth-order valence-corrected chi connectivity index (χ4v) is 5.20. The van der Waals surface area contributed by atoms with E-state index in [0.29, 0.717) is 44.9 Å². The maximum absolute atomic E-state index is 14.1. The highest BCUT2D eigenvalue weighted by molar-refractivity contribution is 5.94. The van der Waals surface area contributed by atoms with Gasteiger partial charge in [0.15, 0.2) is 0 Å². The van der Waals surface area contributed by atoms with Crippen molar-refractivity contribution in [2.24, 2.45) is 0 Å². The number of ether oxygens (including phenoxy) is 1. The lowest BCUT2D eigenvalue weighted by Gasteiger charge is -2.36. The second-order valence-electron chi connectivity index (χ2n) is 9.97. The largest absolute Gasteiger partial charge is 0.372 e. The number of carbonyl (C=O) groups excluding carboxylic acids is 1. The molecule has 38 heavy (non-hydrogen) atoms. The van der Waals surface area contributed by atoms with Crippen molar-refractivity contribution in [3.05, 3.63) is 101 Å². The van der Waals surface area contributed by atoms with Crippen LogP contribution in [-0.4, -0.2) is 61.5 Å². The maximum atomic E-state index is 14.1. The molecule has 0 N–H and O–H groups in total. The lowest BCUT2D eigenvalue weighted by Crippen LogP contribution is -2.49. The van der Waals surface area contributed by atoms with Crippen molar-refractivity contribution in [3.63, 3.8) is 0 Å². The summed E-state index contributed by atoms with van der Waals surface area (Å²) in [5, 5.41) is 9.09. The Morgan fingerprint density at radius 3 is 2.37 bits per heavy atom. The monoisotopic (exact) mass is 512 g/mol. The molecule has 2 saturated heterocycles. The first-order chi connectivity index (χ1) is 18.6. The van der Waals surface area contributed by atoms with E-state index in [4.69, 9.17) is 10.00 Å². The molecule has 3 aromatic rings. The van der Waals surface area contributed by atoms with Crippen molar-refractivity contribution in [2.45, 2.75) is 25.6 Å². The molecule has 2 heterocycles. The molecule has 0 saturated carbocycles. The number of anilines is 1. The Kier molecular flexibility index (Phi) is 8.32. The molecule has 1 unspecified atom stereocenters. The smallest absolute Gasteiger partial charge is 0.256 e. The first-order valence-corrected chi connectivity index (χ1v) is 13.3. The van der Waals surface area contributed by atoms with Gasteiger partial charge in [-0.05, 0) is 60.4 Å². The molecule has 1 atom stereocenters. The van der Waals surface area contributed by atoms with Gasteiger partial charge < -0.3 is 14.5 Å². The van der Waals surface area contributed by atoms with Crippen LogP contribution in [0.2, 0.25) is 0 Å². The molecular weight excluding hydrogens is 479 g/mol. The van der Waals surface area contributed by atoms with Crippen LogP contribution in [0.15, 0.2) is 72.8 Å². The normalized spacial score (nSPS) is 16.8. The minimum Gasteiger partial charge on any atom is -0.372 e. The predicted molar refractivity (Wildman–Crippen MR) is 145 cm³/mol. The van der Waals surface area contributed by atoms with Crippen molar-refractivity contribution < 1.29 is 13.9 Å². The number of piperazine rings is 1. The molecule has 0 radical (unpaired) electrons. The van der Waals surface area contributed by atoms with E-state index in [1.807, 2.05) is 24.3 Å². The summed E-state index contributed by atoms with van der Waals surface area (Å²) in [6, 6.07) is 24.5. The van der Waals surface area contributed by atoms with E-state index in [9.17, 15) is 9.18 Å². The zero-order valence-corrected chi connectivity index (χ0v) is 21.6. The molecule has 5 rings (SSSR count). The van der Waals surface area contributed by atoms with Gasteiger partial charge in [0.2, 0.25) is 0 Å². The second-order valence-corrected chi connectivity index (χ2v) is 9.97. The summed E-state index contributed by atoms with van der Waals surface area (Å²) in [4.78, 5) is 19.3. The number of nitrogens with zero attached hydrogens (tertiary/aromatic N) is 4. The number of rotatable bonds is 8. The van der Waals surface area contributed by atoms with Crippen LogP contribution in [0, 0.1) is 17.1 Å². The molecule has 6 nitrogen and oxygen atoms in total. The first-order valence-electron chi connectivity index (χ1n) is 13.3. The Hall–Kier alpha value is -3.73. The van der Waals surface area contributed by atoms with Gasteiger partial charge in [-0.15, -0.1) is 0 Å². The highest BCUT2D eigenvalue weighted by Gasteiger charge is 2.26. The highest BCUT2D eigenvalue weighted by atomic mass is 19.1. The molecule has 3 aromatic carbocycles. The van der Waals surface area contributed by atoms with Gasteiger partial charge in [-0.25, -0.2) is 4.39 Å². The van der Waals surface area contributed by atoms with Gasteiger partial charge in [-0.1, -0.05) is 36.4 Å². The van der Waals surface area contributed by atoms with E-state index in [2.05, 4.69) is 40.1 Å². The van der Waals surface area contributed by atoms with Gasteiger partial charge in [0, 0.05) is 51.5 Å². The first kappa shape index (κ1) is 25.9. The molecule has 7 heteroatoms. The quantitative estimate of drug-likeness (QED) is 0.425. The third-order valence-corrected chi connectivity index (χ3v) is 7.44. The second kappa shape index (κ2) is 12.2. The molecule has 2 aliphatic rings. The SMILES string of the molecule is N#Cc1ccc(COC(CN2CCN(C(=O)c3ccccc3F)CC2)c2cccc(N3CCCC3)c2)cc1. The number of hydrogen-bond acceptors (Lipinski definition) is 5. The summed E-state index contributed by atoms with van der Waals surface area (Å²) < 4.78 is 20.6. The average molecular weight is 513 g/mol. The summed E-state index contributed by atoms with van der Waals surface area (Å²) in [6.07, 6.45) is 2.29.